The van der Waals surface area contributed by atoms with Crippen LogP contribution in [0.5, 0.6) is 0 Å². The van der Waals surface area contributed by atoms with E-state index in [2.05, 4.69) is 113 Å². The molecule has 4 rings (SSSR count). The van der Waals surface area contributed by atoms with Crippen molar-refractivity contribution in [1.82, 2.24) is 4.98 Å². The summed E-state index contributed by atoms with van der Waals surface area (Å²) in [5.74, 6) is 1.52. The van der Waals surface area contributed by atoms with Gasteiger partial charge in [-0.3, -0.25) is 4.98 Å². The number of hydrogen-bond donors (Lipinski definition) is 1. The molecule has 0 aliphatic heterocycles. The second kappa shape index (κ2) is 10.7. The van der Waals surface area contributed by atoms with Gasteiger partial charge in [-0.2, -0.15) is 0 Å². The molecule has 40 heavy (non-hydrogen) atoms. The lowest BCUT2D eigenvalue weighted by Crippen LogP contribution is -2.41. The predicted molar refractivity (Wildman–Crippen MR) is 172 cm³/mol. The van der Waals surface area contributed by atoms with E-state index in [1.165, 1.54) is 22.4 Å². The molecule has 220 valence electrons. The fourth-order valence-corrected chi connectivity index (χ4v) is 7.26. The van der Waals surface area contributed by atoms with Crippen molar-refractivity contribution >= 4 is 8.32 Å². The minimum Gasteiger partial charge on any atom is -0.546 e. The van der Waals surface area contributed by atoms with Crippen LogP contribution in [0.25, 0.3) is 0 Å². The summed E-state index contributed by atoms with van der Waals surface area (Å²) in [5.41, 5.74) is 8.56. The quantitative estimate of drug-likeness (QED) is 0.357. The molecule has 2 atom stereocenters. The number of fused-ring (bicyclic) bond motifs is 1. The Balaban J connectivity index is 1.92. The van der Waals surface area contributed by atoms with Crippen LogP contribution in [0.15, 0.2) is 36.1 Å². The highest BCUT2D eigenvalue weighted by atomic mass is 28.4. The summed E-state index contributed by atoms with van der Waals surface area (Å²) in [7, 11) is -2.02. The number of nitrogens with zero attached hydrogens (tertiary/aromatic N) is 1. The van der Waals surface area contributed by atoms with Crippen molar-refractivity contribution in [3.05, 3.63) is 75.3 Å². The molecule has 0 unspecified atom stereocenters. The van der Waals surface area contributed by atoms with Crippen LogP contribution in [0, 0.1) is 5.41 Å². The molecule has 4 heteroatoms. The maximum Gasteiger partial charge on any atom is 0.250 e. The molecule has 2 aliphatic rings. The van der Waals surface area contributed by atoms with Gasteiger partial charge in [0.05, 0.1) is 5.76 Å². The molecule has 0 spiro atoms. The number of hydrogen-bond acceptors (Lipinski definition) is 3. The highest BCUT2D eigenvalue weighted by Gasteiger charge is 2.43. The second-order valence-corrected chi connectivity index (χ2v) is 20.8. The summed E-state index contributed by atoms with van der Waals surface area (Å²) in [5, 5.41) is 12.3. The summed E-state index contributed by atoms with van der Waals surface area (Å²) in [6, 6.07) is 8.62. The van der Waals surface area contributed by atoms with E-state index in [9.17, 15) is 5.11 Å². The zero-order valence-corrected chi connectivity index (χ0v) is 28.5. The van der Waals surface area contributed by atoms with Gasteiger partial charge in [-0.1, -0.05) is 93.5 Å². The monoisotopic (exact) mass is 561 g/mol. The van der Waals surface area contributed by atoms with E-state index in [1.54, 1.807) is 0 Å². The maximum atomic E-state index is 12.2. The minimum atomic E-state index is -2.02. The van der Waals surface area contributed by atoms with E-state index in [1.807, 2.05) is 0 Å². The summed E-state index contributed by atoms with van der Waals surface area (Å²) in [4.78, 5) is 5.37. The summed E-state index contributed by atoms with van der Waals surface area (Å²) >= 11 is 0. The molecule has 2 aromatic rings. The van der Waals surface area contributed by atoms with Gasteiger partial charge in [0.15, 0.2) is 0 Å². The first kappa shape index (κ1) is 31.0. The predicted octanol–water partition coefficient (Wildman–Crippen LogP) is 9.88. The molecule has 0 amide bonds. The van der Waals surface area contributed by atoms with Gasteiger partial charge >= 0.3 is 0 Å². The lowest BCUT2D eigenvalue weighted by Gasteiger charge is -2.40. The number of rotatable bonds is 6. The van der Waals surface area contributed by atoms with Gasteiger partial charge in [-0.25, -0.2) is 0 Å². The first-order valence-corrected chi connectivity index (χ1v) is 18.5. The SMILES string of the molecule is CC(C)c1nc2c(c([C@@H]3CCC=C3O[Si](C)(C)C(C)(C)C)c1[C@H](O)c1ccc(C(C)(C)C)cc1)CCC(C)(C)C2. The first-order valence-electron chi connectivity index (χ1n) is 15.6. The Morgan fingerprint density at radius 1 is 1.02 bits per heavy atom. The Labute approximate surface area is 246 Å². The molecule has 0 radical (unpaired) electrons. The number of aromatic nitrogens is 1. The van der Waals surface area contributed by atoms with Crippen molar-refractivity contribution in [3.8, 4) is 0 Å². The van der Waals surface area contributed by atoms with E-state index in [0.29, 0.717) is 0 Å². The lowest BCUT2D eigenvalue weighted by atomic mass is 9.71. The van der Waals surface area contributed by atoms with Crippen LogP contribution in [0.4, 0.5) is 0 Å². The molecule has 2 aliphatic carbocycles. The smallest absolute Gasteiger partial charge is 0.250 e. The Bertz CT molecular complexity index is 1260. The van der Waals surface area contributed by atoms with Crippen molar-refractivity contribution in [2.45, 2.75) is 143 Å². The maximum absolute atomic E-state index is 12.2. The zero-order chi connectivity index (χ0) is 29.8. The normalized spacial score (nSPS) is 20.4. The number of allylic oxidation sites excluding steroid dienone is 2. The molecule has 0 saturated carbocycles. The highest BCUT2D eigenvalue weighted by molar-refractivity contribution is 6.74. The van der Waals surface area contributed by atoms with Crippen molar-refractivity contribution in [2.75, 3.05) is 0 Å². The molecule has 0 saturated heterocycles. The van der Waals surface area contributed by atoms with Crippen LogP contribution in [-0.4, -0.2) is 18.4 Å². The van der Waals surface area contributed by atoms with Gasteiger partial charge in [0.25, 0.3) is 0 Å². The van der Waals surface area contributed by atoms with Gasteiger partial charge in [0.2, 0.25) is 8.32 Å². The van der Waals surface area contributed by atoms with Crippen LogP contribution < -0.4 is 0 Å². The number of pyridine rings is 1. The molecule has 1 aromatic heterocycles. The minimum absolute atomic E-state index is 0.0720. The molecular weight excluding hydrogens is 506 g/mol. The Kier molecular flexibility index (Phi) is 8.33. The number of benzene rings is 1. The van der Waals surface area contributed by atoms with Crippen LogP contribution in [-0.2, 0) is 22.7 Å². The second-order valence-electron chi connectivity index (χ2n) is 16.1. The van der Waals surface area contributed by atoms with Crippen molar-refractivity contribution in [1.29, 1.82) is 0 Å². The molecule has 3 nitrogen and oxygen atoms in total. The molecule has 1 heterocycles. The molecule has 1 aromatic carbocycles. The van der Waals surface area contributed by atoms with Crippen LogP contribution in [0.2, 0.25) is 18.1 Å². The molecule has 1 N–H and O–H groups in total. The van der Waals surface area contributed by atoms with Gasteiger partial charge in [0.1, 0.15) is 6.10 Å². The Hall–Kier alpha value is -1.91. The average molecular weight is 562 g/mol. The van der Waals surface area contributed by atoms with E-state index in [0.717, 1.165) is 54.7 Å². The fourth-order valence-electron chi connectivity index (χ4n) is 6.14. The van der Waals surface area contributed by atoms with Crippen molar-refractivity contribution < 1.29 is 9.53 Å². The summed E-state index contributed by atoms with van der Waals surface area (Å²) in [6.07, 6.45) is 6.81. The van der Waals surface area contributed by atoms with Crippen LogP contribution in [0.3, 0.4) is 0 Å². The van der Waals surface area contributed by atoms with Crippen LogP contribution >= 0.6 is 0 Å². The van der Waals surface area contributed by atoms with Crippen molar-refractivity contribution in [2.24, 2.45) is 5.41 Å². The Morgan fingerprint density at radius 2 is 1.65 bits per heavy atom. The largest absolute Gasteiger partial charge is 0.546 e. The third kappa shape index (κ3) is 6.14. The van der Waals surface area contributed by atoms with Gasteiger partial charge in [0, 0.05) is 22.9 Å². The zero-order valence-electron chi connectivity index (χ0n) is 27.5. The van der Waals surface area contributed by atoms with E-state index < -0.39 is 14.4 Å². The topological polar surface area (TPSA) is 42.4 Å². The fraction of sp³-hybridized carbons (Fsp3) is 0.639. The van der Waals surface area contributed by atoms with Crippen LogP contribution in [0.1, 0.15) is 146 Å². The van der Waals surface area contributed by atoms with E-state index in [4.69, 9.17) is 9.41 Å². The molecule has 0 bridgehead atoms. The molecular formula is C36H55NO2Si. The van der Waals surface area contributed by atoms with Gasteiger partial charge < -0.3 is 9.53 Å². The van der Waals surface area contributed by atoms with Gasteiger partial charge in [-0.15, -0.1) is 0 Å². The Morgan fingerprint density at radius 3 is 2.20 bits per heavy atom. The third-order valence-electron chi connectivity index (χ3n) is 9.78. The van der Waals surface area contributed by atoms with Gasteiger partial charge in [-0.05, 0) is 95.3 Å². The number of aliphatic hydroxyl groups is 1. The summed E-state index contributed by atoms with van der Waals surface area (Å²) < 4.78 is 7.05. The van der Waals surface area contributed by atoms with E-state index in [-0.39, 0.29) is 27.7 Å². The summed E-state index contributed by atoms with van der Waals surface area (Å²) in [6.45, 7) is 27.5. The average Bonchev–Trinajstić information content (AvgIpc) is 3.27. The van der Waals surface area contributed by atoms with E-state index >= 15 is 0 Å². The number of aliphatic hydroxyl groups excluding tert-OH is 1. The first-order chi connectivity index (χ1) is 18.3. The highest BCUT2D eigenvalue weighted by Crippen LogP contribution is 2.50. The van der Waals surface area contributed by atoms with Crippen molar-refractivity contribution in [3.63, 3.8) is 0 Å². The third-order valence-corrected chi connectivity index (χ3v) is 14.1. The molecule has 0 fully saturated rings. The lowest BCUT2D eigenvalue weighted by molar-refractivity contribution is 0.214. The standard InChI is InChI=1S/C36H55NO2Si/c1-23(2)32-31(33(38)24-16-18-25(19-17-24)34(3,4)5)30(26-20-21-36(9,10)22-28(26)37-32)27-14-13-15-29(27)39-40(11,12)35(6,7)8/h15-19,23,27,33,38H,13-14,20-22H2,1-12H3/t27-,33-/m1/s1.